The lowest BCUT2D eigenvalue weighted by Crippen LogP contribution is -2.36. The van der Waals surface area contributed by atoms with Crippen LogP contribution < -0.4 is 5.32 Å². The lowest BCUT2D eigenvalue weighted by Gasteiger charge is -2.17. The Morgan fingerprint density at radius 2 is 2.00 bits per heavy atom. The van der Waals surface area contributed by atoms with Gasteiger partial charge in [0, 0.05) is 23.4 Å². The number of amides is 2. The van der Waals surface area contributed by atoms with E-state index in [-0.39, 0.29) is 11.8 Å². The van der Waals surface area contributed by atoms with Crippen LogP contribution in [0.15, 0.2) is 42.5 Å². The van der Waals surface area contributed by atoms with Gasteiger partial charge in [-0.25, -0.2) is 0 Å². The highest BCUT2D eigenvalue weighted by atomic mass is 32.2. The maximum atomic E-state index is 12.3. The third kappa shape index (κ3) is 4.11. The van der Waals surface area contributed by atoms with Crippen molar-refractivity contribution < 1.29 is 19.1 Å². The average molecular weight is 358 g/mol. The summed E-state index contributed by atoms with van der Waals surface area (Å²) in [5, 5.41) is 4.58. The fourth-order valence-electron chi connectivity index (χ4n) is 2.58. The lowest BCUT2D eigenvalue weighted by molar-refractivity contribution is -0.153. The third-order valence-electron chi connectivity index (χ3n) is 3.89. The number of ether oxygens (including phenoxy) is 1. The Balaban J connectivity index is 1.60. The molecule has 1 saturated heterocycles. The fraction of sp³-hybridized carbons (Fsp3) is 0.278. The molecule has 0 unspecified atom stereocenters. The number of nitrogens with one attached hydrogen (secondary N) is 1. The summed E-state index contributed by atoms with van der Waals surface area (Å²) in [6, 6.07) is 13.3. The van der Waals surface area contributed by atoms with Crippen molar-refractivity contribution in [2.75, 3.05) is 24.2 Å². The highest BCUT2D eigenvalue weighted by Gasteiger charge is 2.26. The molecule has 1 aliphatic rings. The molecule has 1 atom stereocenters. The van der Waals surface area contributed by atoms with Gasteiger partial charge >= 0.3 is 5.97 Å². The normalized spacial score (nSPS) is 15.2. The van der Waals surface area contributed by atoms with Crippen LogP contribution in [-0.4, -0.2) is 47.0 Å². The number of hydrogen-bond acceptors (Lipinski definition) is 5. The largest absolute Gasteiger partial charge is 0.451 e. The van der Waals surface area contributed by atoms with Gasteiger partial charge in [0.25, 0.3) is 11.1 Å². The zero-order chi connectivity index (χ0) is 17.8. The molecule has 0 aromatic heterocycles. The standard InChI is InChI=1S/C18H18N2O4S/c1-12(24-16(21)11-20-9-10-25-18(20)23)17(22)19-15-8-4-6-13-5-2-3-7-14(13)15/h2-8,12H,9-11H2,1H3,(H,19,22)/t12-/m1/s1. The number of carbonyl (C=O) groups excluding carboxylic acids is 3. The van der Waals surface area contributed by atoms with Crippen LogP contribution in [0.2, 0.25) is 0 Å². The smallest absolute Gasteiger partial charge is 0.326 e. The molecule has 0 spiro atoms. The summed E-state index contributed by atoms with van der Waals surface area (Å²) in [4.78, 5) is 37.2. The molecule has 0 bridgehead atoms. The first-order valence-electron chi connectivity index (χ1n) is 7.94. The number of anilines is 1. The summed E-state index contributed by atoms with van der Waals surface area (Å²) in [6.07, 6.45) is -0.947. The summed E-state index contributed by atoms with van der Waals surface area (Å²) in [5.41, 5.74) is 0.664. The van der Waals surface area contributed by atoms with Gasteiger partial charge < -0.3 is 15.0 Å². The Morgan fingerprint density at radius 3 is 2.76 bits per heavy atom. The van der Waals surface area contributed by atoms with Gasteiger partial charge in [0.1, 0.15) is 6.54 Å². The quantitative estimate of drug-likeness (QED) is 0.832. The number of thioether (sulfide) groups is 1. The van der Waals surface area contributed by atoms with Gasteiger partial charge in [-0.1, -0.05) is 48.2 Å². The number of benzene rings is 2. The molecule has 1 heterocycles. The summed E-state index contributed by atoms with van der Waals surface area (Å²) in [7, 11) is 0. The van der Waals surface area contributed by atoms with Gasteiger partial charge in [-0.05, 0) is 18.4 Å². The molecule has 6 nitrogen and oxygen atoms in total. The van der Waals surface area contributed by atoms with Crippen LogP contribution in [0.3, 0.4) is 0 Å². The maximum Gasteiger partial charge on any atom is 0.326 e. The van der Waals surface area contributed by atoms with Crippen LogP contribution in [0.5, 0.6) is 0 Å². The minimum Gasteiger partial charge on any atom is -0.451 e. The number of hydrogen-bond donors (Lipinski definition) is 1. The maximum absolute atomic E-state index is 12.3. The van der Waals surface area contributed by atoms with Gasteiger partial charge in [0.05, 0.1) is 0 Å². The monoisotopic (exact) mass is 358 g/mol. The lowest BCUT2D eigenvalue weighted by atomic mass is 10.1. The Kier molecular flexibility index (Phi) is 5.23. The first-order valence-corrected chi connectivity index (χ1v) is 8.93. The summed E-state index contributed by atoms with van der Waals surface area (Å²) >= 11 is 1.18. The van der Waals surface area contributed by atoms with E-state index in [1.807, 2.05) is 36.4 Å². The van der Waals surface area contributed by atoms with E-state index in [0.717, 1.165) is 10.8 Å². The Hall–Kier alpha value is -2.54. The van der Waals surface area contributed by atoms with E-state index in [4.69, 9.17) is 4.74 Å². The molecule has 0 radical (unpaired) electrons. The molecular weight excluding hydrogens is 340 g/mol. The van der Waals surface area contributed by atoms with Crippen LogP contribution in [0.1, 0.15) is 6.92 Å². The Morgan fingerprint density at radius 1 is 1.24 bits per heavy atom. The van der Waals surface area contributed by atoms with Gasteiger partial charge in [0.2, 0.25) is 0 Å². The summed E-state index contributed by atoms with van der Waals surface area (Å²) in [5.74, 6) is -0.327. The summed E-state index contributed by atoms with van der Waals surface area (Å²) < 4.78 is 5.15. The van der Waals surface area contributed by atoms with Crippen LogP contribution in [0.4, 0.5) is 10.5 Å². The van der Waals surface area contributed by atoms with Crippen LogP contribution in [0, 0.1) is 0 Å². The highest BCUT2D eigenvalue weighted by Crippen LogP contribution is 2.23. The molecular formula is C18H18N2O4S. The van der Waals surface area contributed by atoms with E-state index in [1.165, 1.54) is 23.6 Å². The molecule has 1 N–H and O–H groups in total. The van der Waals surface area contributed by atoms with Crippen molar-refractivity contribution in [1.29, 1.82) is 0 Å². The average Bonchev–Trinajstić information content (AvgIpc) is 2.99. The van der Waals surface area contributed by atoms with Gasteiger partial charge in [-0.15, -0.1) is 0 Å². The van der Waals surface area contributed by atoms with E-state index in [9.17, 15) is 14.4 Å². The van der Waals surface area contributed by atoms with Crippen molar-refractivity contribution >= 4 is 45.3 Å². The molecule has 0 aliphatic carbocycles. The molecule has 25 heavy (non-hydrogen) atoms. The Labute approximate surface area is 149 Å². The molecule has 7 heteroatoms. The molecule has 2 aromatic carbocycles. The molecule has 1 aliphatic heterocycles. The third-order valence-corrected chi connectivity index (χ3v) is 4.78. The highest BCUT2D eigenvalue weighted by molar-refractivity contribution is 8.13. The molecule has 3 rings (SSSR count). The van der Waals surface area contributed by atoms with E-state index in [0.29, 0.717) is 18.0 Å². The van der Waals surface area contributed by atoms with E-state index >= 15 is 0 Å². The Bertz CT molecular complexity index is 818. The van der Waals surface area contributed by atoms with Crippen LogP contribution >= 0.6 is 11.8 Å². The second-order valence-corrected chi connectivity index (χ2v) is 6.73. The number of esters is 1. The number of carbonyl (C=O) groups is 3. The van der Waals surface area contributed by atoms with Crippen molar-refractivity contribution in [3.63, 3.8) is 0 Å². The fourth-order valence-corrected chi connectivity index (χ4v) is 3.41. The second kappa shape index (κ2) is 7.57. The SMILES string of the molecule is C[C@@H](OC(=O)CN1CCSC1=O)C(=O)Nc1cccc2ccccc12. The van der Waals surface area contributed by atoms with Gasteiger partial charge in [-0.3, -0.25) is 14.4 Å². The van der Waals surface area contributed by atoms with Crippen molar-refractivity contribution in [2.24, 2.45) is 0 Å². The molecule has 1 fully saturated rings. The zero-order valence-electron chi connectivity index (χ0n) is 13.7. The first-order chi connectivity index (χ1) is 12.0. The van der Waals surface area contributed by atoms with E-state index < -0.39 is 18.0 Å². The van der Waals surface area contributed by atoms with E-state index in [2.05, 4.69) is 5.32 Å². The molecule has 130 valence electrons. The zero-order valence-corrected chi connectivity index (χ0v) is 14.5. The predicted octanol–water partition coefficient (Wildman–Crippen LogP) is 2.88. The van der Waals surface area contributed by atoms with Crippen LogP contribution in [-0.2, 0) is 14.3 Å². The van der Waals surface area contributed by atoms with Gasteiger partial charge in [-0.2, -0.15) is 0 Å². The minimum absolute atomic E-state index is 0.127. The molecule has 0 saturated carbocycles. The topological polar surface area (TPSA) is 75.7 Å². The van der Waals surface area contributed by atoms with Crippen molar-refractivity contribution in [3.8, 4) is 0 Å². The summed E-state index contributed by atoms with van der Waals surface area (Å²) in [6.45, 7) is 1.91. The second-order valence-electron chi connectivity index (χ2n) is 5.68. The predicted molar refractivity (Wildman–Crippen MR) is 97.6 cm³/mol. The van der Waals surface area contributed by atoms with Crippen molar-refractivity contribution in [2.45, 2.75) is 13.0 Å². The van der Waals surface area contributed by atoms with Crippen molar-refractivity contribution in [3.05, 3.63) is 42.5 Å². The number of fused-ring (bicyclic) bond motifs is 1. The van der Waals surface area contributed by atoms with Crippen LogP contribution in [0.25, 0.3) is 10.8 Å². The van der Waals surface area contributed by atoms with E-state index in [1.54, 1.807) is 6.07 Å². The molecule has 2 aromatic rings. The number of rotatable bonds is 5. The van der Waals surface area contributed by atoms with Crippen molar-refractivity contribution in [1.82, 2.24) is 4.90 Å². The minimum atomic E-state index is -0.947. The first kappa shape index (κ1) is 17.3. The number of nitrogens with zero attached hydrogens (tertiary/aromatic N) is 1. The molecule has 2 amide bonds. The van der Waals surface area contributed by atoms with Gasteiger partial charge in [0.15, 0.2) is 6.10 Å².